The van der Waals surface area contributed by atoms with Crippen molar-refractivity contribution in [3.05, 3.63) is 75.9 Å². The number of alkyl halides is 3. The van der Waals surface area contributed by atoms with Crippen LogP contribution in [0.5, 0.6) is 0 Å². The summed E-state index contributed by atoms with van der Waals surface area (Å²) in [7, 11) is 0. The number of hydrogen-bond acceptors (Lipinski definition) is 2. The second-order valence-electron chi connectivity index (χ2n) is 7.07. The predicted molar refractivity (Wildman–Crippen MR) is 109 cm³/mol. The molecule has 0 atom stereocenters. The molecule has 4 rings (SSSR count). The van der Waals surface area contributed by atoms with Gasteiger partial charge in [-0.1, -0.05) is 47.5 Å². The van der Waals surface area contributed by atoms with Crippen molar-refractivity contribution in [3.8, 4) is 16.9 Å². The van der Waals surface area contributed by atoms with Crippen LogP contribution in [0.25, 0.3) is 28.0 Å². The summed E-state index contributed by atoms with van der Waals surface area (Å²) >= 11 is 6.25. The first-order valence-electron chi connectivity index (χ1n) is 8.96. The molecule has 7 heteroatoms. The van der Waals surface area contributed by atoms with Gasteiger partial charge in [0, 0.05) is 16.3 Å². The zero-order chi connectivity index (χ0) is 20.9. The minimum Gasteiger partial charge on any atom is -0.233 e. The van der Waals surface area contributed by atoms with Crippen LogP contribution in [0, 0.1) is 20.8 Å². The van der Waals surface area contributed by atoms with E-state index in [1.54, 1.807) is 37.3 Å². The highest BCUT2D eigenvalue weighted by Gasteiger charge is 2.36. The van der Waals surface area contributed by atoms with Gasteiger partial charge < -0.3 is 0 Å². The molecule has 148 valence electrons. The molecule has 0 aliphatic rings. The number of aryl methyl sites for hydroxylation is 3. The number of pyridine rings is 1. The van der Waals surface area contributed by atoms with Crippen LogP contribution in [0.1, 0.15) is 22.4 Å². The van der Waals surface area contributed by atoms with Crippen LogP contribution in [0.4, 0.5) is 13.2 Å². The zero-order valence-electron chi connectivity index (χ0n) is 16.0. The summed E-state index contributed by atoms with van der Waals surface area (Å²) in [4.78, 5) is 4.40. The fourth-order valence-corrected chi connectivity index (χ4v) is 3.45. The summed E-state index contributed by atoms with van der Waals surface area (Å²) in [5, 5.41) is 5.02. The Bertz CT molecular complexity index is 1230. The van der Waals surface area contributed by atoms with E-state index in [0.717, 1.165) is 17.2 Å². The summed E-state index contributed by atoms with van der Waals surface area (Å²) in [6, 6.07) is 13.5. The van der Waals surface area contributed by atoms with E-state index in [-0.39, 0.29) is 22.4 Å². The quantitative estimate of drug-likeness (QED) is 0.365. The van der Waals surface area contributed by atoms with Crippen LogP contribution in [-0.4, -0.2) is 14.8 Å². The lowest BCUT2D eigenvalue weighted by Gasteiger charge is -2.11. The lowest BCUT2D eigenvalue weighted by atomic mass is 10.0. The summed E-state index contributed by atoms with van der Waals surface area (Å²) in [6.07, 6.45) is -4.54. The lowest BCUT2D eigenvalue weighted by molar-refractivity contribution is -0.136. The normalized spacial score (nSPS) is 12.0. The Morgan fingerprint density at radius 3 is 2.24 bits per heavy atom. The Morgan fingerprint density at radius 2 is 1.62 bits per heavy atom. The molecule has 2 aromatic heterocycles. The molecule has 0 bridgehead atoms. The molecule has 0 amide bonds. The minimum atomic E-state index is -4.54. The monoisotopic (exact) mass is 415 g/mol. The van der Waals surface area contributed by atoms with Crippen LogP contribution in [0.15, 0.2) is 48.5 Å². The highest BCUT2D eigenvalue weighted by molar-refractivity contribution is 6.31. The zero-order valence-corrected chi connectivity index (χ0v) is 16.7. The van der Waals surface area contributed by atoms with Gasteiger partial charge in [-0.25, -0.2) is 9.67 Å². The van der Waals surface area contributed by atoms with E-state index in [4.69, 9.17) is 11.6 Å². The van der Waals surface area contributed by atoms with Crippen LogP contribution in [-0.2, 0) is 6.18 Å². The van der Waals surface area contributed by atoms with Crippen molar-refractivity contribution in [2.75, 3.05) is 0 Å². The van der Waals surface area contributed by atoms with Gasteiger partial charge in [0.2, 0.25) is 0 Å². The molecule has 0 aliphatic heterocycles. The summed E-state index contributed by atoms with van der Waals surface area (Å²) in [5.74, 6) is 0. The van der Waals surface area contributed by atoms with Crippen LogP contribution in [0.2, 0.25) is 5.02 Å². The first-order chi connectivity index (χ1) is 13.6. The molecule has 0 N–H and O–H groups in total. The number of fused-ring (bicyclic) bond motifs is 1. The fraction of sp³-hybridized carbons (Fsp3) is 0.182. The van der Waals surface area contributed by atoms with Crippen LogP contribution >= 0.6 is 11.6 Å². The number of aromatic nitrogens is 3. The maximum absolute atomic E-state index is 13.9. The van der Waals surface area contributed by atoms with Crippen molar-refractivity contribution in [3.63, 3.8) is 0 Å². The van der Waals surface area contributed by atoms with Crippen molar-refractivity contribution in [2.24, 2.45) is 0 Å². The average Bonchev–Trinajstić information content (AvgIpc) is 3.02. The molecule has 0 saturated carbocycles. The van der Waals surface area contributed by atoms with Gasteiger partial charge in [-0.15, -0.1) is 0 Å². The number of nitrogens with zero attached hydrogens (tertiary/aromatic N) is 3. The molecule has 0 saturated heterocycles. The lowest BCUT2D eigenvalue weighted by Crippen LogP contribution is -2.08. The molecule has 29 heavy (non-hydrogen) atoms. The third-order valence-electron chi connectivity index (χ3n) is 4.80. The topological polar surface area (TPSA) is 30.7 Å². The fourth-order valence-electron chi connectivity index (χ4n) is 3.27. The molecule has 0 unspecified atom stereocenters. The number of rotatable bonds is 2. The van der Waals surface area contributed by atoms with E-state index in [1.807, 2.05) is 26.0 Å². The smallest absolute Gasteiger partial charge is 0.233 e. The van der Waals surface area contributed by atoms with E-state index in [1.165, 1.54) is 4.68 Å². The molecule has 2 aromatic carbocycles. The van der Waals surface area contributed by atoms with Gasteiger partial charge in [0.05, 0.1) is 16.6 Å². The largest absolute Gasteiger partial charge is 0.417 e. The third-order valence-corrected chi connectivity index (χ3v) is 5.20. The SMILES string of the molecule is Cc1ccc(-c2nn(-c3ccc(C)c(Cl)c3)c3nc(C)cc(C(F)(F)F)c23)cc1. The van der Waals surface area contributed by atoms with E-state index < -0.39 is 11.7 Å². The second kappa shape index (κ2) is 6.88. The second-order valence-corrected chi connectivity index (χ2v) is 7.47. The first-order valence-corrected chi connectivity index (χ1v) is 9.34. The Morgan fingerprint density at radius 1 is 0.931 bits per heavy atom. The standard InChI is InChI=1S/C22H17ClF3N3/c1-12-4-7-15(8-5-12)20-19-17(22(24,25)26)10-14(3)27-21(19)29(28-20)16-9-6-13(2)18(23)11-16/h4-11H,1-3H3. The molecule has 0 spiro atoms. The van der Waals surface area contributed by atoms with Gasteiger partial charge in [-0.2, -0.15) is 18.3 Å². The van der Waals surface area contributed by atoms with Gasteiger partial charge >= 0.3 is 6.18 Å². The molecule has 2 heterocycles. The number of benzene rings is 2. The molecular formula is C22H17ClF3N3. The van der Waals surface area contributed by atoms with E-state index in [9.17, 15) is 13.2 Å². The van der Waals surface area contributed by atoms with Crippen molar-refractivity contribution in [2.45, 2.75) is 26.9 Å². The maximum atomic E-state index is 13.9. The summed E-state index contributed by atoms with van der Waals surface area (Å²) in [6.45, 7) is 5.32. The molecule has 4 aromatic rings. The van der Waals surface area contributed by atoms with Crippen LogP contribution in [0.3, 0.4) is 0 Å². The highest BCUT2D eigenvalue weighted by atomic mass is 35.5. The van der Waals surface area contributed by atoms with Gasteiger partial charge in [0.1, 0.15) is 5.69 Å². The molecule has 0 aliphatic carbocycles. The van der Waals surface area contributed by atoms with Crippen LogP contribution < -0.4 is 0 Å². The molecule has 0 fully saturated rings. The Labute approximate surface area is 170 Å². The molecule has 0 radical (unpaired) electrons. The highest BCUT2D eigenvalue weighted by Crippen LogP contribution is 2.40. The third kappa shape index (κ3) is 3.49. The van der Waals surface area contributed by atoms with Crippen molar-refractivity contribution < 1.29 is 13.2 Å². The maximum Gasteiger partial charge on any atom is 0.417 e. The van der Waals surface area contributed by atoms with Crippen molar-refractivity contribution in [1.82, 2.24) is 14.8 Å². The Balaban J connectivity index is 2.11. The Kier molecular flexibility index (Phi) is 4.62. The van der Waals surface area contributed by atoms with E-state index in [0.29, 0.717) is 16.3 Å². The number of halogens is 4. The van der Waals surface area contributed by atoms with Crippen molar-refractivity contribution >= 4 is 22.6 Å². The molecule has 3 nitrogen and oxygen atoms in total. The van der Waals surface area contributed by atoms with Gasteiger partial charge in [0.25, 0.3) is 0 Å². The van der Waals surface area contributed by atoms with Gasteiger partial charge in [-0.3, -0.25) is 0 Å². The van der Waals surface area contributed by atoms with E-state index >= 15 is 0 Å². The summed E-state index contributed by atoms with van der Waals surface area (Å²) < 4.78 is 43.1. The van der Waals surface area contributed by atoms with Gasteiger partial charge in [-0.05, 0) is 44.5 Å². The van der Waals surface area contributed by atoms with Gasteiger partial charge in [0.15, 0.2) is 5.65 Å². The number of hydrogen-bond donors (Lipinski definition) is 0. The first kappa shape index (κ1) is 19.5. The minimum absolute atomic E-state index is 0.0244. The van der Waals surface area contributed by atoms with Crippen molar-refractivity contribution in [1.29, 1.82) is 0 Å². The predicted octanol–water partition coefficient (Wildman–Crippen LogP) is 6.68. The summed E-state index contributed by atoms with van der Waals surface area (Å²) in [5.41, 5.74) is 2.91. The average molecular weight is 416 g/mol. The molecular weight excluding hydrogens is 399 g/mol. The van der Waals surface area contributed by atoms with E-state index in [2.05, 4.69) is 10.1 Å². The Hall–Kier alpha value is -2.86.